The van der Waals surface area contributed by atoms with Crippen molar-refractivity contribution in [2.45, 2.75) is 45.6 Å². The number of alkyl halides is 1. The normalized spacial score (nSPS) is 17.8. The molecular weight excluding hydrogens is 507 g/mol. The summed E-state index contributed by atoms with van der Waals surface area (Å²) in [5, 5.41) is 2.58. The first-order valence-corrected chi connectivity index (χ1v) is 13.1. The fourth-order valence-corrected chi connectivity index (χ4v) is 5.13. The highest BCUT2D eigenvalue weighted by atomic mass is 31.2. The molecule has 1 fully saturated rings. The minimum absolute atomic E-state index is 0.117. The number of nitrogens with one attached hydrogen (secondary N) is 1. The molecule has 196 valence electrons. The average Bonchev–Trinajstić information content (AvgIpc) is 3.40. The second kappa shape index (κ2) is 10.2. The van der Waals surface area contributed by atoms with Crippen molar-refractivity contribution in [3.8, 4) is 0 Å². The molecule has 4 rings (SSSR count). The van der Waals surface area contributed by atoms with E-state index in [1.165, 1.54) is 42.0 Å². The number of benzene rings is 2. The molecule has 1 aliphatic heterocycles. The van der Waals surface area contributed by atoms with E-state index < -0.39 is 37.4 Å². The summed E-state index contributed by atoms with van der Waals surface area (Å²) in [7, 11) is -4.57. The highest BCUT2D eigenvalue weighted by molar-refractivity contribution is 7.60. The molecule has 0 unspecified atom stereocenters. The summed E-state index contributed by atoms with van der Waals surface area (Å²) in [6.07, 6.45) is -0.229. The van der Waals surface area contributed by atoms with E-state index in [4.69, 9.17) is 0 Å². The standard InChI is InChI=1S/C25H26F2N3O6P/c1-14-4-3-5-16(24(14)27)10-28-25(33)22-8-17(26)11-30(22)23(32)13-29-12-20(15(2)31)19-9-18(37(34,35)36)6-7-21(19)29/h3-7,9,12,17,22H,8,10-11,13H2,1-2H3,(H,28,33)(H2,34,35,36)/t17-,22+/m1/s1. The predicted octanol–water partition coefficient (Wildman–Crippen LogP) is 2.35. The zero-order chi connectivity index (χ0) is 27.1. The van der Waals surface area contributed by atoms with Gasteiger partial charge in [-0.15, -0.1) is 0 Å². The number of carbonyl (C=O) groups is 3. The van der Waals surface area contributed by atoms with Crippen molar-refractivity contribution in [1.29, 1.82) is 0 Å². The maximum absolute atomic E-state index is 14.3. The summed E-state index contributed by atoms with van der Waals surface area (Å²) in [6.45, 7) is 2.14. The van der Waals surface area contributed by atoms with E-state index >= 15 is 0 Å². The minimum Gasteiger partial charge on any atom is -0.350 e. The summed E-state index contributed by atoms with van der Waals surface area (Å²) >= 11 is 0. The van der Waals surface area contributed by atoms with Gasteiger partial charge in [-0.25, -0.2) is 8.78 Å². The van der Waals surface area contributed by atoms with Crippen LogP contribution in [0, 0.1) is 12.7 Å². The number of hydrogen-bond donors (Lipinski definition) is 3. The number of carbonyl (C=O) groups excluding carboxylic acids is 3. The first kappa shape index (κ1) is 26.7. The van der Waals surface area contributed by atoms with Gasteiger partial charge in [-0.3, -0.25) is 18.9 Å². The van der Waals surface area contributed by atoms with Crippen molar-refractivity contribution in [3.05, 3.63) is 65.1 Å². The molecule has 2 aromatic carbocycles. The van der Waals surface area contributed by atoms with Crippen LogP contribution in [0.5, 0.6) is 0 Å². The molecule has 12 heteroatoms. The lowest BCUT2D eigenvalue weighted by Gasteiger charge is -2.24. The molecule has 3 N–H and O–H groups in total. The molecule has 0 radical (unpaired) electrons. The van der Waals surface area contributed by atoms with E-state index in [-0.39, 0.29) is 53.7 Å². The molecule has 0 spiro atoms. The quantitative estimate of drug-likeness (QED) is 0.316. The van der Waals surface area contributed by atoms with Gasteiger partial charge in [0.1, 0.15) is 24.6 Å². The van der Waals surface area contributed by atoms with Crippen LogP contribution in [0.4, 0.5) is 8.78 Å². The Hall–Kier alpha value is -3.40. The third-order valence-corrected chi connectivity index (χ3v) is 7.43. The maximum atomic E-state index is 14.3. The Kier molecular flexibility index (Phi) is 7.32. The second-order valence-corrected chi connectivity index (χ2v) is 10.7. The Balaban J connectivity index is 1.55. The molecule has 1 aliphatic rings. The van der Waals surface area contributed by atoms with E-state index in [2.05, 4.69) is 5.32 Å². The molecule has 2 heterocycles. The molecule has 37 heavy (non-hydrogen) atoms. The van der Waals surface area contributed by atoms with Crippen LogP contribution >= 0.6 is 7.60 Å². The summed E-state index contributed by atoms with van der Waals surface area (Å²) in [4.78, 5) is 58.3. The van der Waals surface area contributed by atoms with Crippen molar-refractivity contribution in [2.24, 2.45) is 0 Å². The minimum atomic E-state index is -4.57. The van der Waals surface area contributed by atoms with Gasteiger partial charge in [-0.1, -0.05) is 18.2 Å². The van der Waals surface area contributed by atoms with Gasteiger partial charge < -0.3 is 24.6 Å². The number of aryl methyl sites for hydroxylation is 1. The van der Waals surface area contributed by atoms with Gasteiger partial charge in [-0.05, 0) is 37.6 Å². The van der Waals surface area contributed by atoms with Crippen LogP contribution in [0.25, 0.3) is 10.9 Å². The van der Waals surface area contributed by atoms with E-state index in [0.717, 1.165) is 4.90 Å². The SMILES string of the molecule is CC(=O)c1cn(CC(=O)N2C[C@H](F)C[C@H]2C(=O)NCc2cccc(C)c2F)c2ccc(P(=O)(O)O)cc12. The topological polar surface area (TPSA) is 129 Å². The van der Waals surface area contributed by atoms with E-state index in [9.17, 15) is 37.5 Å². The van der Waals surface area contributed by atoms with Gasteiger partial charge in [0, 0.05) is 41.2 Å². The number of fused-ring (bicyclic) bond motifs is 1. The molecular formula is C25H26F2N3O6P. The van der Waals surface area contributed by atoms with E-state index in [0.29, 0.717) is 11.1 Å². The highest BCUT2D eigenvalue weighted by Crippen LogP contribution is 2.35. The molecule has 1 saturated heterocycles. The lowest BCUT2D eigenvalue weighted by Crippen LogP contribution is -2.46. The smallest absolute Gasteiger partial charge is 0.350 e. The number of hydrogen-bond acceptors (Lipinski definition) is 4. The Morgan fingerprint density at radius 2 is 1.92 bits per heavy atom. The summed E-state index contributed by atoms with van der Waals surface area (Å²) < 4.78 is 41.7. The van der Waals surface area contributed by atoms with Crippen molar-refractivity contribution >= 4 is 41.4 Å². The maximum Gasteiger partial charge on any atom is 0.356 e. The number of rotatable bonds is 7. The number of amides is 2. The third-order valence-electron chi connectivity index (χ3n) is 6.48. The Labute approximate surface area is 211 Å². The van der Waals surface area contributed by atoms with Crippen LogP contribution in [-0.4, -0.2) is 55.6 Å². The molecule has 0 bridgehead atoms. The van der Waals surface area contributed by atoms with Gasteiger partial charge in [0.05, 0.1) is 11.8 Å². The Bertz CT molecular complexity index is 1450. The molecule has 9 nitrogen and oxygen atoms in total. The van der Waals surface area contributed by atoms with Crippen LogP contribution < -0.4 is 10.6 Å². The van der Waals surface area contributed by atoms with Crippen LogP contribution in [-0.2, 0) is 27.2 Å². The van der Waals surface area contributed by atoms with Crippen molar-refractivity contribution in [1.82, 2.24) is 14.8 Å². The number of Topliss-reactive ketones (excluding diaryl/α,β-unsaturated/α-hetero) is 1. The summed E-state index contributed by atoms with van der Waals surface area (Å²) in [5.41, 5.74) is 1.23. The lowest BCUT2D eigenvalue weighted by atomic mass is 10.1. The van der Waals surface area contributed by atoms with Gasteiger partial charge >= 0.3 is 7.60 Å². The first-order valence-electron chi connectivity index (χ1n) is 11.5. The summed E-state index contributed by atoms with van der Waals surface area (Å²) in [6, 6.07) is 7.50. The van der Waals surface area contributed by atoms with Crippen molar-refractivity contribution in [2.75, 3.05) is 6.54 Å². The zero-order valence-electron chi connectivity index (χ0n) is 20.1. The lowest BCUT2D eigenvalue weighted by molar-refractivity contribution is -0.139. The number of nitrogens with zero attached hydrogens (tertiary/aromatic N) is 2. The molecule has 1 aromatic heterocycles. The van der Waals surface area contributed by atoms with Crippen LogP contribution in [0.2, 0.25) is 0 Å². The number of likely N-dealkylation sites (tertiary alicyclic amines) is 1. The highest BCUT2D eigenvalue weighted by Gasteiger charge is 2.39. The largest absolute Gasteiger partial charge is 0.356 e. The number of halogens is 2. The van der Waals surface area contributed by atoms with Gasteiger partial charge in [0.15, 0.2) is 5.78 Å². The van der Waals surface area contributed by atoms with Crippen LogP contribution in [0.3, 0.4) is 0 Å². The van der Waals surface area contributed by atoms with E-state index in [1.54, 1.807) is 19.1 Å². The fourth-order valence-electron chi connectivity index (χ4n) is 4.57. The predicted molar refractivity (Wildman–Crippen MR) is 132 cm³/mol. The molecule has 3 aromatic rings. The Morgan fingerprint density at radius 1 is 1.19 bits per heavy atom. The molecule has 0 saturated carbocycles. The van der Waals surface area contributed by atoms with Crippen molar-refractivity contribution < 1.29 is 37.5 Å². The third kappa shape index (κ3) is 5.49. The molecule has 2 atom stereocenters. The number of ketones is 1. The summed E-state index contributed by atoms with van der Waals surface area (Å²) in [5.74, 6) is -2.01. The Morgan fingerprint density at radius 3 is 2.59 bits per heavy atom. The monoisotopic (exact) mass is 533 g/mol. The first-order chi connectivity index (χ1) is 17.4. The fraction of sp³-hybridized carbons (Fsp3) is 0.320. The molecule has 0 aliphatic carbocycles. The number of aromatic nitrogens is 1. The zero-order valence-corrected chi connectivity index (χ0v) is 21.0. The van der Waals surface area contributed by atoms with Gasteiger partial charge in [0.2, 0.25) is 11.8 Å². The molecule has 2 amide bonds. The van der Waals surface area contributed by atoms with Gasteiger partial charge in [-0.2, -0.15) is 0 Å². The van der Waals surface area contributed by atoms with Crippen LogP contribution in [0.15, 0.2) is 42.6 Å². The van der Waals surface area contributed by atoms with Crippen LogP contribution in [0.1, 0.15) is 34.8 Å². The van der Waals surface area contributed by atoms with Gasteiger partial charge in [0.25, 0.3) is 0 Å². The second-order valence-electron chi connectivity index (χ2n) is 9.13. The van der Waals surface area contributed by atoms with E-state index in [1.807, 2.05) is 0 Å². The van der Waals surface area contributed by atoms with Crippen molar-refractivity contribution in [3.63, 3.8) is 0 Å². The average molecular weight is 533 g/mol.